The average Bonchev–Trinajstić information content (AvgIpc) is 1.84. The third kappa shape index (κ3) is 6.80. The Morgan fingerprint density at radius 2 is 2.00 bits per heavy atom. The van der Waals surface area contributed by atoms with Crippen molar-refractivity contribution in [3.05, 3.63) is 12.3 Å². The molecule has 0 spiro atoms. The fourth-order valence-corrected chi connectivity index (χ4v) is 0.764. The molecule has 4 nitrogen and oxygen atoms in total. The van der Waals surface area contributed by atoms with Gasteiger partial charge in [-0.3, -0.25) is 9.59 Å². The highest BCUT2D eigenvalue weighted by molar-refractivity contribution is 5.74. The maximum Gasteiger partial charge on any atom is 0.303 e. The van der Waals surface area contributed by atoms with Crippen molar-refractivity contribution in [2.45, 2.75) is 26.2 Å². The van der Waals surface area contributed by atoms with Gasteiger partial charge in [-0.05, 0) is 12.8 Å². The molecule has 0 fully saturated rings. The molecule has 0 rings (SSSR count). The van der Waals surface area contributed by atoms with Gasteiger partial charge < -0.3 is 10.4 Å². The molecule has 0 aliphatic heterocycles. The van der Waals surface area contributed by atoms with Crippen LogP contribution < -0.4 is 5.32 Å². The standard InChI is InChI=1S/C8H13NO3/c1-6(9-7(2)10)4-3-5-8(11)12/h1,3-5H2,2H3,(H,9,10)(H,11,12). The molecule has 0 heterocycles. The smallest absolute Gasteiger partial charge is 0.303 e. The van der Waals surface area contributed by atoms with Gasteiger partial charge >= 0.3 is 5.97 Å². The van der Waals surface area contributed by atoms with Crippen molar-refractivity contribution in [1.82, 2.24) is 5.32 Å². The first-order valence-corrected chi connectivity index (χ1v) is 3.69. The van der Waals surface area contributed by atoms with E-state index in [1.165, 1.54) is 6.92 Å². The van der Waals surface area contributed by atoms with Gasteiger partial charge in [0.2, 0.25) is 5.91 Å². The molecule has 4 heteroatoms. The number of hydrogen-bond acceptors (Lipinski definition) is 2. The number of hydrogen-bond donors (Lipinski definition) is 2. The highest BCUT2D eigenvalue weighted by Crippen LogP contribution is 2.01. The van der Waals surface area contributed by atoms with Crippen LogP contribution in [0, 0.1) is 0 Å². The molecule has 0 aromatic carbocycles. The molecule has 0 aliphatic rings. The monoisotopic (exact) mass is 171 g/mol. The Balaban J connectivity index is 3.44. The molecule has 1 amide bonds. The second-order valence-electron chi connectivity index (χ2n) is 2.53. The molecule has 2 N–H and O–H groups in total. The van der Waals surface area contributed by atoms with Gasteiger partial charge in [-0.15, -0.1) is 0 Å². The molecule has 0 aliphatic carbocycles. The zero-order valence-corrected chi connectivity index (χ0v) is 7.09. The van der Waals surface area contributed by atoms with E-state index in [0.717, 1.165) is 0 Å². The van der Waals surface area contributed by atoms with Crippen LogP contribution in [-0.4, -0.2) is 17.0 Å². The molecule has 0 bridgehead atoms. The van der Waals surface area contributed by atoms with Gasteiger partial charge in [0, 0.05) is 19.0 Å². The second kappa shape index (κ2) is 5.35. The number of rotatable bonds is 5. The summed E-state index contributed by atoms with van der Waals surface area (Å²) in [5.74, 6) is -0.999. The van der Waals surface area contributed by atoms with Crippen LogP contribution in [-0.2, 0) is 9.59 Å². The number of allylic oxidation sites excluding steroid dienone is 1. The van der Waals surface area contributed by atoms with E-state index in [-0.39, 0.29) is 12.3 Å². The molecule has 0 aromatic heterocycles. The summed E-state index contributed by atoms with van der Waals surface area (Å²) in [5, 5.41) is 10.8. The van der Waals surface area contributed by atoms with Crippen LogP contribution >= 0.6 is 0 Å². The minimum atomic E-state index is -0.828. The van der Waals surface area contributed by atoms with Crippen molar-refractivity contribution >= 4 is 11.9 Å². The lowest BCUT2D eigenvalue weighted by Crippen LogP contribution is -2.18. The first-order valence-electron chi connectivity index (χ1n) is 3.69. The van der Waals surface area contributed by atoms with Crippen molar-refractivity contribution in [2.24, 2.45) is 0 Å². The average molecular weight is 171 g/mol. The molecule has 12 heavy (non-hydrogen) atoms. The molecule has 0 unspecified atom stereocenters. The predicted molar refractivity (Wildman–Crippen MR) is 44.4 cm³/mol. The first-order chi connectivity index (χ1) is 5.52. The third-order valence-electron chi connectivity index (χ3n) is 1.22. The summed E-state index contributed by atoms with van der Waals surface area (Å²) in [6, 6.07) is 0. The second-order valence-corrected chi connectivity index (χ2v) is 2.53. The van der Waals surface area contributed by atoms with Gasteiger partial charge in [0.1, 0.15) is 0 Å². The minimum Gasteiger partial charge on any atom is -0.481 e. The lowest BCUT2D eigenvalue weighted by atomic mass is 10.2. The zero-order chi connectivity index (χ0) is 9.56. The number of aliphatic carboxylic acids is 1. The number of carboxylic acid groups (broad SMARTS) is 1. The van der Waals surface area contributed by atoms with E-state index >= 15 is 0 Å². The van der Waals surface area contributed by atoms with Gasteiger partial charge in [0.05, 0.1) is 0 Å². The summed E-state index contributed by atoms with van der Waals surface area (Å²) >= 11 is 0. The van der Waals surface area contributed by atoms with Crippen LogP contribution in [0.3, 0.4) is 0 Å². The number of carboxylic acids is 1. The van der Waals surface area contributed by atoms with Gasteiger partial charge in [0.15, 0.2) is 0 Å². The Kier molecular flexibility index (Phi) is 4.76. The topological polar surface area (TPSA) is 66.4 Å². The van der Waals surface area contributed by atoms with Gasteiger partial charge in [-0.25, -0.2) is 0 Å². The van der Waals surface area contributed by atoms with E-state index in [2.05, 4.69) is 11.9 Å². The highest BCUT2D eigenvalue weighted by atomic mass is 16.4. The van der Waals surface area contributed by atoms with Crippen LogP contribution in [0.2, 0.25) is 0 Å². The molecule has 0 atom stereocenters. The molecular formula is C8H13NO3. The van der Waals surface area contributed by atoms with E-state index in [1.807, 2.05) is 0 Å². The van der Waals surface area contributed by atoms with E-state index in [1.54, 1.807) is 0 Å². The van der Waals surface area contributed by atoms with Crippen LogP contribution in [0.1, 0.15) is 26.2 Å². The summed E-state index contributed by atoms with van der Waals surface area (Å²) in [4.78, 5) is 20.5. The molecule has 0 aromatic rings. The zero-order valence-electron chi connectivity index (χ0n) is 7.09. The maximum atomic E-state index is 10.5. The SMILES string of the molecule is C=C(CCCC(=O)O)NC(C)=O. The number of nitrogens with one attached hydrogen (secondary N) is 1. The summed E-state index contributed by atoms with van der Waals surface area (Å²) in [7, 11) is 0. The van der Waals surface area contributed by atoms with Crippen LogP contribution in [0.4, 0.5) is 0 Å². The largest absolute Gasteiger partial charge is 0.481 e. The van der Waals surface area contributed by atoms with Crippen molar-refractivity contribution in [2.75, 3.05) is 0 Å². The van der Waals surface area contributed by atoms with Crippen LogP contribution in [0.25, 0.3) is 0 Å². The van der Waals surface area contributed by atoms with Crippen LogP contribution in [0.15, 0.2) is 12.3 Å². The van der Waals surface area contributed by atoms with Gasteiger partial charge in [-0.1, -0.05) is 6.58 Å². The predicted octanol–water partition coefficient (Wildman–Crippen LogP) is 0.891. The lowest BCUT2D eigenvalue weighted by molar-refractivity contribution is -0.137. The van der Waals surface area contributed by atoms with Crippen LogP contribution in [0.5, 0.6) is 0 Å². The lowest BCUT2D eigenvalue weighted by Gasteiger charge is -2.03. The number of carbonyl (C=O) groups excluding carboxylic acids is 1. The van der Waals surface area contributed by atoms with Crippen molar-refractivity contribution in [3.63, 3.8) is 0 Å². The molecule has 0 saturated heterocycles. The molecule has 0 saturated carbocycles. The van der Waals surface area contributed by atoms with Gasteiger partial charge in [-0.2, -0.15) is 0 Å². The highest BCUT2D eigenvalue weighted by Gasteiger charge is 1.99. The Bertz CT molecular complexity index is 198. The normalized spacial score (nSPS) is 9.08. The van der Waals surface area contributed by atoms with Crippen molar-refractivity contribution in [1.29, 1.82) is 0 Å². The number of carbonyl (C=O) groups is 2. The Labute approximate surface area is 71.3 Å². The Morgan fingerprint density at radius 1 is 1.42 bits per heavy atom. The third-order valence-corrected chi connectivity index (χ3v) is 1.22. The summed E-state index contributed by atoms with van der Waals surface area (Å²) in [6.45, 7) is 4.96. The first kappa shape index (κ1) is 10.7. The summed E-state index contributed by atoms with van der Waals surface area (Å²) in [5.41, 5.74) is 0.573. The van der Waals surface area contributed by atoms with E-state index in [4.69, 9.17) is 5.11 Å². The Hall–Kier alpha value is -1.32. The van der Waals surface area contributed by atoms with Gasteiger partial charge in [0.25, 0.3) is 0 Å². The Morgan fingerprint density at radius 3 is 2.42 bits per heavy atom. The maximum absolute atomic E-state index is 10.5. The van der Waals surface area contributed by atoms with Crippen molar-refractivity contribution < 1.29 is 14.7 Å². The fourth-order valence-electron chi connectivity index (χ4n) is 0.764. The fraction of sp³-hybridized carbons (Fsp3) is 0.500. The minimum absolute atomic E-state index is 0.110. The van der Waals surface area contributed by atoms with Crippen molar-refractivity contribution in [3.8, 4) is 0 Å². The quantitative estimate of drug-likeness (QED) is 0.645. The summed E-state index contributed by atoms with van der Waals surface area (Å²) in [6.07, 6.45) is 1.14. The summed E-state index contributed by atoms with van der Waals surface area (Å²) < 4.78 is 0. The van der Waals surface area contributed by atoms with E-state index < -0.39 is 5.97 Å². The number of amides is 1. The molecule has 68 valence electrons. The van der Waals surface area contributed by atoms with E-state index in [0.29, 0.717) is 18.5 Å². The molecule has 0 radical (unpaired) electrons. The van der Waals surface area contributed by atoms with E-state index in [9.17, 15) is 9.59 Å². The molecular weight excluding hydrogens is 158 g/mol.